The molecule has 0 bridgehead atoms. The van der Waals surface area contributed by atoms with Crippen LogP contribution < -0.4 is 10.1 Å². The molecule has 1 atom stereocenters. The number of ether oxygens (including phenoxy) is 1. The highest BCUT2D eigenvalue weighted by atomic mass is 32.2. The number of para-hydroxylation sites is 1. The molecule has 0 saturated carbocycles. The maximum atomic E-state index is 13.1. The number of hydrogen-bond donors (Lipinski definition) is 1. The van der Waals surface area contributed by atoms with Crippen molar-refractivity contribution in [3.8, 4) is 11.4 Å². The molecule has 4 rings (SSSR count). The molecule has 1 amide bonds. The summed E-state index contributed by atoms with van der Waals surface area (Å²) in [6.07, 6.45) is 0.535. The summed E-state index contributed by atoms with van der Waals surface area (Å²) in [5, 5.41) is 11.4. The highest BCUT2D eigenvalue weighted by Gasteiger charge is 2.26. The van der Waals surface area contributed by atoms with Gasteiger partial charge in [-0.15, -0.1) is 10.2 Å². The molecule has 37 heavy (non-hydrogen) atoms. The summed E-state index contributed by atoms with van der Waals surface area (Å²) < 4.78 is 33.3. The van der Waals surface area contributed by atoms with Gasteiger partial charge in [0.2, 0.25) is 5.91 Å². The van der Waals surface area contributed by atoms with Crippen LogP contribution in [-0.2, 0) is 20.4 Å². The van der Waals surface area contributed by atoms with Crippen LogP contribution >= 0.6 is 11.8 Å². The molecule has 1 heterocycles. The average Bonchev–Trinajstić information content (AvgIpc) is 3.30. The summed E-state index contributed by atoms with van der Waals surface area (Å²) >= 11 is 1.25. The summed E-state index contributed by atoms with van der Waals surface area (Å²) in [5.41, 5.74) is 1.38. The Morgan fingerprint density at radius 3 is 2.22 bits per heavy atom. The minimum absolute atomic E-state index is 0.183. The number of carbonyl (C=O) groups excluding carboxylic acids is 1. The molecule has 1 unspecified atom stereocenters. The molecule has 1 aromatic heterocycles. The van der Waals surface area contributed by atoms with Gasteiger partial charge in [-0.25, -0.2) is 8.42 Å². The molecular formula is C27H28N4O4S2. The Bertz CT molecular complexity index is 1420. The third-order valence-electron chi connectivity index (χ3n) is 5.48. The molecule has 0 aliphatic rings. The number of carbonyl (C=O) groups is 1. The van der Waals surface area contributed by atoms with E-state index in [2.05, 4.69) is 15.5 Å². The van der Waals surface area contributed by atoms with E-state index in [1.54, 1.807) is 59.2 Å². The zero-order chi connectivity index (χ0) is 26.3. The van der Waals surface area contributed by atoms with Crippen molar-refractivity contribution >= 4 is 33.2 Å². The van der Waals surface area contributed by atoms with E-state index in [0.29, 0.717) is 23.9 Å². The molecule has 0 radical (unpaired) electrons. The lowest BCUT2D eigenvalue weighted by atomic mass is 10.2. The third-order valence-corrected chi connectivity index (χ3v) is 8.42. The van der Waals surface area contributed by atoms with Gasteiger partial charge in [0.15, 0.2) is 20.8 Å². The van der Waals surface area contributed by atoms with Crippen molar-refractivity contribution in [2.45, 2.75) is 41.3 Å². The Balaban J connectivity index is 1.59. The largest absolute Gasteiger partial charge is 0.494 e. The lowest BCUT2D eigenvalue weighted by Crippen LogP contribution is -2.25. The normalized spacial score (nSPS) is 12.2. The summed E-state index contributed by atoms with van der Waals surface area (Å²) in [6.45, 7) is 4.39. The van der Waals surface area contributed by atoms with Crippen molar-refractivity contribution in [2.75, 3.05) is 11.9 Å². The van der Waals surface area contributed by atoms with E-state index in [1.165, 1.54) is 11.8 Å². The molecule has 3 aromatic carbocycles. The Hall–Kier alpha value is -3.63. The van der Waals surface area contributed by atoms with Gasteiger partial charge < -0.3 is 10.1 Å². The molecule has 0 spiro atoms. The van der Waals surface area contributed by atoms with E-state index in [9.17, 15) is 13.2 Å². The van der Waals surface area contributed by atoms with Gasteiger partial charge in [0.05, 0.1) is 16.8 Å². The Morgan fingerprint density at radius 2 is 1.59 bits per heavy atom. The molecule has 0 fully saturated rings. The summed E-state index contributed by atoms with van der Waals surface area (Å²) in [5.74, 6) is 0.502. The van der Waals surface area contributed by atoms with Crippen molar-refractivity contribution in [3.63, 3.8) is 0 Å². The van der Waals surface area contributed by atoms with E-state index in [-0.39, 0.29) is 22.4 Å². The van der Waals surface area contributed by atoms with Crippen LogP contribution in [0.25, 0.3) is 5.69 Å². The fraction of sp³-hybridized carbons (Fsp3) is 0.222. The van der Waals surface area contributed by atoms with Gasteiger partial charge >= 0.3 is 0 Å². The first-order valence-electron chi connectivity index (χ1n) is 11.9. The number of thioether (sulfide) groups is 1. The van der Waals surface area contributed by atoms with Gasteiger partial charge in [-0.2, -0.15) is 0 Å². The van der Waals surface area contributed by atoms with E-state index < -0.39 is 15.1 Å². The van der Waals surface area contributed by atoms with Crippen molar-refractivity contribution in [1.82, 2.24) is 14.8 Å². The number of anilines is 1. The van der Waals surface area contributed by atoms with Gasteiger partial charge in [-0.05, 0) is 61.9 Å². The molecule has 0 aliphatic carbocycles. The number of aromatic nitrogens is 3. The Labute approximate surface area is 221 Å². The number of sulfone groups is 1. The van der Waals surface area contributed by atoms with E-state index in [1.807, 2.05) is 44.2 Å². The van der Waals surface area contributed by atoms with Crippen LogP contribution in [-0.4, -0.2) is 40.9 Å². The van der Waals surface area contributed by atoms with Gasteiger partial charge in [0, 0.05) is 11.4 Å². The van der Waals surface area contributed by atoms with Crippen molar-refractivity contribution < 1.29 is 17.9 Å². The van der Waals surface area contributed by atoms with Gasteiger partial charge in [-0.1, -0.05) is 55.1 Å². The van der Waals surface area contributed by atoms with E-state index in [4.69, 9.17) is 4.74 Å². The lowest BCUT2D eigenvalue weighted by molar-refractivity contribution is -0.115. The molecule has 8 nitrogen and oxygen atoms in total. The zero-order valence-corrected chi connectivity index (χ0v) is 22.2. The van der Waals surface area contributed by atoms with Crippen LogP contribution in [0.4, 0.5) is 5.69 Å². The topological polar surface area (TPSA) is 103 Å². The van der Waals surface area contributed by atoms with Gasteiger partial charge in [-0.3, -0.25) is 9.36 Å². The van der Waals surface area contributed by atoms with Crippen molar-refractivity contribution in [1.29, 1.82) is 0 Å². The highest BCUT2D eigenvalue weighted by Crippen LogP contribution is 2.30. The second kappa shape index (κ2) is 12.1. The predicted octanol–water partition coefficient (Wildman–Crippen LogP) is 5.15. The fourth-order valence-electron chi connectivity index (χ4n) is 3.66. The molecule has 1 N–H and O–H groups in total. The molecule has 0 aliphatic heterocycles. The van der Waals surface area contributed by atoms with Crippen LogP contribution in [0.15, 0.2) is 95.0 Å². The van der Waals surface area contributed by atoms with E-state index in [0.717, 1.165) is 11.4 Å². The first kappa shape index (κ1) is 26.4. The molecular weight excluding hydrogens is 508 g/mol. The summed E-state index contributed by atoms with van der Waals surface area (Å²) in [4.78, 5) is 13.3. The highest BCUT2D eigenvalue weighted by molar-refractivity contribution is 8.00. The number of nitrogens with one attached hydrogen (secondary N) is 1. The predicted molar refractivity (Wildman–Crippen MR) is 145 cm³/mol. The summed E-state index contributed by atoms with van der Waals surface area (Å²) in [7, 11) is -3.65. The minimum atomic E-state index is -3.65. The molecule has 10 heteroatoms. The smallest absolute Gasteiger partial charge is 0.237 e. The fourth-order valence-corrected chi connectivity index (χ4v) is 5.92. The monoisotopic (exact) mass is 536 g/mol. The van der Waals surface area contributed by atoms with Crippen LogP contribution in [0, 0.1) is 0 Å². The number of amides is 1. The Morgan fingerprint density at radius 1 is 0.946 bits per heavy atom. The molecule has 4 aromatic rings. The summed E-state index contributed by atoms with van der Waals surface area (Å²) in [6, 6.07) is 24.7. The SMILES string of the molecule is CCOc1ccc(NC(=O)C(CC)Sc2nnc(CS(=O)(=O)c3ccccc3)n2-c2ccccc2)cc1. The first-order valence-corrected chi connectivity index (χ1v) is 14.4. The number of nitrogens with zero attached hydrogens (tertiary/aromatic N) is 3. The number of hydrogen-bond acceptors (Lipinski definition) is 7. The molecule has 0 saturated heterocycles. The maximum Gasteiger partial charge on any atom is 0.237 e. The zero-order valence-electron chi connectivity index (χ0n) is 20.6. The van der Waals surface area contributed by atoms with Gasteiger partial charge in [0.1, 0.15) is 11.5 Å². The Kier molecular flexibility index (Phi) is 8.62. The van der Waals surface area contributed by atoms with Crippen molar-refractivity contribution in [3.05, 3.63) is 90.8 Å². The average molecular weight is 537 g/mol. The standard InChI is InChI=1S/C27H28N4O4S2/c1-3-24(26(32)28-20-15-17-22(18-16-20)35-4-2)36-27-30-29-25(31(27)21-11-7-5-8-12-21)19-37(33,34)23-13-9-6-10-14-23/h5-18,24H,3-4,19H2,1-2H3,(H,28,32). The van der Waals surface area contributed by atoms with Crippen molar-refractivity contribution in [2.24, 2.45) is 0 Å². The van der Waals surface area contributed by atoms with Gasteiger partial charge in [0.25, 0.3) is 0 Å². The van der Waals surface area contributed by atoms with Crippen LogP contribution in [0.5, 0.6) is 5.75 Å². The second-order valence-corrected chi connectivity index (χ2v) is 11.3. The third kappa shape index (κ3) is 6.58. The van der Waals surface area contributed by atoms with E-state index >= 15 is 0 Å². The van der Waals surface area contributed by atoms with Crippen LogP contribution in [0.3, 0.4) is 0 Å². The molecule has 192 valence electrons. The number of benzene rings is 3. The first-order chi connectivity index (χ1) is 17.9. The quantitative estimate of drug-likeness (QED) is 0.265. The minimum Gasteiger partial charge on any atom is -0.494 e. The maximum absolute atomic E-state index is 13.1. The lowest BCUT2D eigenvalue weighted by Gasteiger charge is -2.16. The van der Waals surface area contributed by atoms with Crippen LogP contribution in [0.2, 0.25) is 0 Å². The second-order valence-electron chi connectivity index (χ2n) is 8.10. The number of rotatable bonds is 11. The van der Waals surface area contributed by atoms with Crippen LogP contribution in [0.1, 0.15) is 26.1 Å².